The van der Waals surface area contributed by atoms with Gasteiger partial charge in [0.15, 0.2) is 0 Å². The molecule has 12 heteroatoms. The molecule has 43 heavy (non-hydrogen) atoms. The van der Waals surface area contributed by atoms with Gasteiger partial charge in [0, 0.05) is 16.7 Å². The molecule has 0 bridgehead atoms. The molecule has 6 rings (SSSR count). The van der Waals surface area contributed by atoms with Crippen molar-refractivity contribution in [3.8, 4) is 34.0 Å². The van der Waals surface area contributed by atoms with Gasteiger partial charge in [-0.2, -0.15) is 0 Å². The molecule has 12 nitrogen and oxygen atoms in total. The Balaban J connectivity index is 1.42. The molecule has 0 atom stereocenters. The van der Waals surface area contributed by atoms with Crippen molar-refractivity contribution < 1.29 is 28.9 Å². The highest BCUT2D eigenvalue weighted by molar-refractivity contribution is 5.67. The van der Waals surface area contributed by atoms with Crippen LogP contribution in [0.2, 0.25) is 0 Å². The van der Waals surface area contributed by atoms with Gasteiger partial charge >= 0.3 is 0 Å². The van der Waals surface area contributed by atoms with E-state index in [0.717, 1.165) is 0 Å². The first-order chi connectivity index (χ1) is 20.8. The number of hydrogen-bond donors (Lipinski definition) is 3. The molecule has 0 amide bonds. The van der Waals surface area contributed by atoms with Crippen molar-refractivity contribution in [3.63, 3.8) is 0 Å². The zero-order valence-electron chi connectivity index (χ0n) is 22.1. The Kier molecular flexibility index (Phi) is 7.44. The quantitative estimate of drug-likeness (QED) is 0.142. The summed E-state index contributed by atoms with van der Waals surface area (Å²) in [4.78, 5) is 0. The first-order valence-electron chi connectivity index (χ1n) is 12.9. The maximum Gasteiger partial charge on any atom is 0.134 e. The fraction of sp³-hybridized carbons (Fsp3) is 0.0323. The molecule has 0 aliphatic heterocycles. The molecule has 6 aromatic rings. The van der Waals surface area contributed by atoms with Crippen LogP contribution >= 0.6 is 0 Å². The number of furan rings is 3. The molecule has 3 heterocycles. The van der Waals surface area contributed by atoms with E-state index in [1.54, 1.807) is 72.8 Å². The van der Waals surface area contributed by atoms with Gasteiger partial charge in [-0.3, -0.25) is 15.6 Å². The van der Waals surface area contributed by atoms with Crippen LogP contribution in [-0.4, -0.2) is 15.6 Å². The Morgan fingerprint density at radius 3 is 1.02 bits per heavy atom. The van der Waals surface area contributed by atoms with E-state index in [4.69, 9.17) is 13.3 Å². The van der Waals surface area contributed by atoms with Crippen LogP contribution in [0.4, 0.5) is 17.1 Å². The van der Waals surface area contributed by atoms with Gasteiger partial charge in [-0.05, 0) is 72.8 Å². The Morgan fingerprint density at radius 1 is 0.442 bits per heavy atom. The molecule has 0 unspecified atom stereocenters. The molecule has 0 aliphatic carbocycles. The van der Waals surface area contributed by atoms with Gasteiger partial charge in [-0.25, -0.2) is 0 Å². The minimum Gasteiger partial charge on any atom is -0.733 e. The van der Waals surface area contributed by atoms with E-state index in [0.29, 0.717) is 51.3 Å². The summed E-state index contributed by atoms with van der Waals surface area (Å²) in [5.41, 5.74) is 1.72. The summed E-state index contributed by atoms with van der Waals surface area (Å²) in [6.07, 6.45) is 0. The highest BCUT2D eigenvalue weighted by atomic mass is 16.8. The summed E-state index contributed by atoms with van der Waals surface area (Å²) in [6, 6.07) is 29.1. The molecule has 0 saturated carbocycles. The lowest BCUT2D eigenvalue weighted by atomic mass is 10.0. The number of benzene rings is 3. The first-order valence-corrected chi connectivity index (χ1v) is 12.9. The van der Waals surface area contributed by atoms with E-state index in [9.17, 15) is 31.2 Å². The average Bonchev–Trinajstić information content (AvgIpc) is 3.80. The van der Waals surface area contributed by atoms with Crippen molar-refractivity contribution in [2.45, 2.75) is 5.92 Å². The molecule has 3 N–H and O–H groups in total. The van der Waals surface area contributed by atoms with Crippen molar-refractivity contribution in [1.82, 2.24) is 0 Å². The SMILES string of the molecule is [O-]N(O)c1cccc(-c2ccc(C(c3ccc(-c4cccc(N([O-])O)c4)o3)c3ccc(-c4cccc(N([O-])O)c4)o3)o2)c1. The smallest absolute Gasteiger partial charge is 0.134 e. The molecule has 0 aliphatic rings. The van der Waals surface area contributed by atoms with E-state index in [-0.39, 0.29) is 32.7 Å². The Hall–Kier alpha value is -5.34. The molecule has 0 spiro atoms. The Labute approximate surface area is 243 Å². The lowest BCUT2D eigenvalue weighted by molar-refractivity contribution is 0.296. The van der Waals surface area contributed by atoms with Crippen LogP contribution in [-0.2, 0) is 0 Å². The number of hydrogen-bond acceptors (Lipinski definition) is 12. The third-order valence-electron chi connectivity index (χ3n) is 6.79. The second kappa shape index (κ2) is 11.5. The highest BCUT2D eigenvalue weighted by Crippen LogP contribution is 2.40. The van der Waals surface area contributed by atoms with Crippen LogP contribution in [0.3, 0.4) is 0 Å². The van der Waals surface area contributed by atoms with Crippen molar-refractivity contribution in [2.24, 2.45) is 0 Å². The maximum absolute atomic E-state index is 11.4. The Morgan fingerprint density at radius 2 is 0.744 bits per heavy atom. The molecule has 3 aromatic carbocycles. The third-order valence-corrected chi connectivity index (χ3v) is 6.79. The predicted molar refractivity (Wildman–Crippen MR) is 156 cm³/mol. The first kappa shape index (κ1) is 27.8. The van der Waals surface area contributed by atoms with E-state index in [1.807, 2.05) is 0 Å². The molecular weight excluding hydrogens is 558 g/mol. The number of nitrogens with zero attached hydrogens (tertiary/aromatic N) is 3. The molecular formula is C31H22N3O9-3. The van der Waals surface area contributed by atoms with E-state index in [2.05, 4.69) is 0 Å². The van der Waals surface area contributed by atoms with Crippen LogP contribution < -0.4 is 15.7 Å². The molecule has 3 aromatic heterocycles. The summed E-state index contributed by atoms with van der Waals surface area (Å²) in [7, 11) is 0. The standard InChI is InChI=1S/C31H22N3O9/c35-32(36)22-7-1-4-19(16-22)25-10-13-28(41-25)31(29-14-11-26(42-29)20-5-2-8-23(17-20)33(37)38)30-15-12-27(43-30)21-6-3-9-24(18-21)34(39)40/h1-18,31,35,37,39H/q-3. The lowest BCUT2D eigenvalue weighted by Crippen LogP contribution is -2.06. The zero-order chi connectivity index (χ0) is 30.1. The van der Waals surface area contributed by atoms with Crippen molar-refractivity contribution >= 4 is 17.1 Å². The zero-order valence-corrected chi connectivity index (χ0v) is 22.1. The summed E-state index contributed by atoms with van der Waals surface area (Å²) >= 11 is 0. The van der Waals surface area contributed by atoms with Gasteiger partial charge in [0.05, 0.1) is 17.1 Å². The van der Waals surface area contributed by atoms with Gasteiger partial charge in [0.25, 0.3) is 0 Å². The van der Waals surface area contributed by atoms with Crippen molar-refractivity contribution in [3.05, 3.63) is 142 Å². The van der Waals surface area contributed by atoms with E-state index in [1.165, 1.54) is 36.4 Å². The fourth-order valence-electron chi connectivity index (χ4n) is 4.74. The summed E-state index contributed by atoms with van der Waals surface area (Å²) in [5, 5.41) is 61.5. The molecule has 218 valence electrons. The molecule has 0 radical (unpaired) electrons. The topological polar surface area (TPSA) is 179 Å². The van der Waals surface area contributed by atoms with Gasteiger partial charge in [-0.1, -0.05) is 36.4 Å². The van der Waals surface area contributed by atoms with Crippen LogP contribution in [0.15, 0.2) is 122 Å². The largest absolute Gasteiger partial charge is 0.733 e. The van der Waals surface area contributed by atoms with Gasteiger partial charge in [0.1, 0.15) is 40.5 Å². The van der Waals surface area contributed by atoms with Crippen LogP contribution in [0.1, 0.15) is 23.2 Å². The third kappa shape index (κ3) is 5.73. The van der Waals surface area contributed by atoms with E-state index >= 15 is 0 Å². The van der Waals surface area contributed by atoms with Gasteiger partial charge in [0.2, 0.25) is 0 Å². The number of anilines is 3. The van der Waals surface area contributed by atoms with Gasteiger partial charge < -0.3 is 44.6 Å². The monoisotopic (exact) mass is 580 g/mol. The van der Waals surface area contributed by atoms with Crippen LogP contribution in [0.5, 0.6) is 0 Å². The average molecular weight is 581 g/mol. The van der Waals surface area contributed by atoms with E-state index < -0.39 is 5.92 Å². The van der Waals surface area contributed by atoms with Crippen molar-refractivity contribution in [1.29, 1.82) is 0 Å². The Bertz CT molecular complexity index is 1640. The predicted octanol–water partition coefficient (Wildman–Crippen LogP) is 7.73. The van der Waals surface area contributed by atoms with Crippen LogP contribution in [0, 0.1) is 15.6 Å². The molecule has 0 fully saturated rings. The normalized spacial score (nSPS) is 11.2. The molecule has 0 saturated heterocycles. The van der Waals surface area contributed by atoms with Crippen LogP contribution in [0.25, 0.3) is 34.0 Å². The van der Waals surface area contributed by atoms with Gasteiger partial charge in [-0.15, -0.1) is 0 Å². The summed E-state index contributed by atoms with van der Waals surface area (Å²) in [6.45, 7) is 0. The summed E-state index contributed by atoms with van der Waals surface area (Å²) < 4.78 is 18.7. The fourth-order valence-corrected chi connectivity index (χ4v) is 4.74. The maximum atomic E-state index is 11.4. The summed E-state index contributed by atoms with van der Waals surface area (Å²) in [5.74, 6) is 1.82. The lowest BCUT2D eigenvalue weighted by Gasteiger charge is -2.21. The number of rotatable bonds is 9. The highest BCUT2D eigenvalue weighted by Gasteiger charge is 2.28. The minimum atomic E-state index is -0.706. The minimum absolute atomic E-state index is 0.0295. The second-order valence-corrected chi connectivity index (χ2v) is 9.51. The second-order valence-electron chi connectivity index (χ2n) is 9.51. The van der Waals surface area contributed by atoms with Crippen molar-refractivity contribution in [2.75, 3.05) is 15.7 Å².